The molecule has 0 N–H and O–H groups in total. The molecule has 0 saturated carbocycles. The van der Waals surface area contributed by atoms with Crippen molar-refractivity contribution in [3.05, 3.63) is 35.2 Å². The molecule has 1 saturated heterocycles. The monoisotopic (exact) mass is 402 g/mol. The number of hydrogen-bond donors (Lipinski definition) is 0. The lowest BCUT2D eigenvalue weighted by Crippen LogP contribution is -2.48. The van der Waals surface area contributed by atoms with E-state index >= 15 is 0 Å². The number of carbonyl (C=O) groups is 1. The van der Waals surface area contributed by atoms with Crippen LogP contribution < -0.4 is 4.74 Å². The number of hydrogen-bond acceptors (Lipinski definition) is 5. The minimum atomic E-state index is 0.181. The first-order valence-corrected chi connectivity index (χ1v) is 10.9. The molecule has 0 spiro atoms. The standard InChI is InChI=1S/C21H30N4O2S/c1-14-8-6-11-18(17(14)4)27-12-19-22-23-21(24(19)5)28-13-20(26)25-15(2)9-7-10-16(25)3/h6,8,11,15-16H,7,9-10,12-13H2,1-5H3/t15-,16+. The van der Waals surface area contributed by atoms with E-state index in [9.17, 15) is 4.79 Å². The van der Waals surface area contributed by atoms with Crippen molar-refractivity contribution < 1.29 is 9.53 Å². The smallest absolute Gasteiger partial charge is 0.233 e. The minimum Gasteiger partial charge on any atom is -0.485 e. The molecule has 1 aromatic carbocycles. The van der Waals surface area contributed by atoms with Crippen molar-refractivity contribution in [3.8, 4) is 5.75 Å². The molecule has 1 aliphatic heterocycles. The van der Waals surface area contributed by atoms with Gasteiger partial charge in [0.25, 0.3) is 0 Å². The van der Waals surface area contributed by atoms with Crippen molar-refractivity contribution in [2.45, 2.75) is 70.8 Å². The number of nitrogens with zero attached hydrogens (tertiary/aromatic N) is 4. The van der Waals surface area contributed by atoms with Gasteiger partial charge in [0.1, 0.15) is 12.4 Å². The lowest BCUT2D eigenvalue weighted by molar-refractivity contribution is -0.134. The van der Waals surface area contributed by atoms with Crippen molar-refractivity contribution in [2.75, 3.05) is 5.75 Å². The molecule has 3 rings (SSSR count). The predicted octanol–water partition coefficient (Wildman–Crippen LogP) is 3.89. The van der Waals surface area contributed by atoms with E-state index in [1.807, 2.05) is 28.6 Å². The average molecular weight is 403 g/mol. The van der Waals surface area contributed by atoms with Crippen LogP contribution in [0.3, 0.4) is 0 Å². The first kappa shape index (κ1) is 20.7. The third-order valence-corrected chi connectivity index (χ3v) is 6.65. The van der Waals surface area contributed by atoms with E-state index in [0.717, 1.165) is 35.1 Å². The van der Waals surface area contributed by atoms with Gasteiger partial charge in [0.15, 0.2) is 11.0 Å². The van der Waals surface area contributed by atoms with Gasteiger partial charge in [-0.25, -0.2) is 0 Å². The van der Waals surface area contributed by atoms with Gasteiger partial charge in [0.05, 0.1) is 5.75 Å². The molecule has 2 heterocycles. The molecule has 152 valence electrons. The summed E-state index contributed by atoms with van der Waals surface area (Å²) in [6.45, 7) is 8.76. The number of benzene rings is 1. The Morgan fingerprint density at radius 2 is 1.93 bits per heavy atom. The molecular formula is C21H30N4O2S. The average Bonchev–Trinajstić information content (AvgIpc) is 3.01. The second kappa shape index (κ2) is 8.99. The number of aryl methyl sites for hydroxylation is 1. The van der Waals surface area contributed by atoms with Crippen LogP contribution in [0.25, 0.3) is 0 Å². The Hall–Kier alpha value is -2.02. The highest BCUT2D eigenvalue weighted by atomic mass is 32.2. The molecule has 0 aliphatic carbocycles. The molecule has 0 bridgehead atoms. The zero-order chi connectivity index (χ0) is 20.3. The van der Waals surface area contributed by atoms with Crippen LogP contribution in [0.2, 0.25) is 0 Å². The lowest BCUT2D eigenvalue weighted by atomic mass is 9.98. The molecule has 2 atom stereocenters. The third-order valence-electron chi connectivity index (χ3n) is 5.64. The van der Waals surface area contributed by atoms with Gasteiger partial charge >= 0.3 is 0 Å². The Kier molecular flexibility index (Phi) is 6.65. The summed E-state index contributed by atoms with van der Waals surface area (Å²) >= 11 is 1.44. The van der Waals surface area contributed by atoms with E-state index in [2.05, 4.69) is 44.0 Å². The van der Waals surface area contributed by atoms with Crippen molar-refractivity contribution in [1.82, 2.24) is 19.7 Å². The molecule has 0 unspecified atom stereocenters. The summed E-state index contributed by atoms with van der Waals surface area (Å²) < 4.78 is 7.85. The number of likely N-dealkylation sites (tertiary alicyclic amines) is 1. The zero-order valence-corrected chi connectivity index (χ0v) is 18.3. The van der Waals surface area contributed by atoms with Crippen LogP contribution >= 0.6 is 11.8 Å². The Balaban J connectivity index is 1.58. The van der Waals surface area contributed by atoms with E-state index in [0.29, 0.717) is 24.4 Å². The third kappa shape index (κ3) is 4.51. The summed E-state index contributed by atoms with van der Waals surface area (Å²) in [6.07, 6.45) is 3.38. The first-order chi connectivity index (χ1) is 13.4. The van der Waals surface area contributed by atoms with E-state index in [1.54, 1.807) is 0 Å². The predicted molar refractivity (Wildman–Crippen MR) is 112 cm³/mol. The van der Waals surface area contributed by atoms with E-state index in [4.69, 9.17) is 4.74 Å². The highest BCUT2D eigenvalue weighted by Gasteiger charge is 2.29. The van der Waals surface area contributed by atoms with Crippen LogP contribution in [0, 0.1) is 13.8 Å². The molecule has 1 aromatic heterocycles. The summed E-state index contributed by atoms with van der Waals surface area (Å²) in [5.74, 6) is 2.18. The van der Waals surface area contributed by atoms with Crippen LogP contribution in [0.5, 0.6) is 5.75 Å². The van der Waals surface area contributed by atoms with Crippen molar-refractivity contribution >= 4 is 17.7 Å². The molecule has 28 heavy (non-hydrogen) atoms. The SMILES string of the molecule is Cc1cccc(OCc2nnc(SCC(=O)N3[C@H](C)CCC[C@@H]3C)n2C)c1C. The zero-order valence-electron chi connectivity index (χ0n) is 17.4. The summed E-state index contributed by atoms with van der Waals surface area (Å²) in [5.41, 5.74) is 2.33. The number of thioether (sulfide) groups is 1. The number of carbonyl (C=O) groups excluding carboxylic acids is 1. The van der Waals surface area contributed by atoms with Crippen LogP contribution in [0.1, 0.15) is 50.1 Å². The maximum Gasteiger partial charge on any atom is 0.233 e. The molecule has 0 radical (unpaired) electrons. The summed E-state index contributed by atoms with van der Waals surface area (Å²) in [7, 11) is 1.92. The normalized spacial score (nSPS) is 19.7. The maximum absolute atomic E-state index is 12.7. The number of piperidine rings is 1. The fraction of sp³-hybridized carbons (Fsp3) is 0.571. The van der Waals surface area contributed by atoms with Crippen LogP contribution in [0.4, 0.5) is 0 Å². The summed E-state index contributed by atoms with van der Waals surface area (Å²) in [4.78, 5) is 14.8. The lowest BCUT2D eigenvalue weighted by Gasteiger charge is -2.39. The minimum absolute atomic E-state index is 0.181. The molecular weight excluding hydrogens is 372 g/mol. The fourth-order valence-corrected chi connectivity index (χ4v) is 4.53. The van der Waals surface area contributed by atoms with Gasteiger partial charge in [0, 0.05) is 19.1 Å². The van der Waals surface area contributed by atoms with Gasteiger partial charge < -0.3 is 14.2 Å². The fourth-order valence-electron chi connectivity index (χ4n) is 3.73. The Morgan fingerprint density at radius 1 is 1.21 bits per heavy atom. The maximum atomic E-state index is 12.7. The second-order valence-corrected chi connectivity index (χ2v) is 8.61. The molecule has 1 fully saturated rings. The Labute approximate surface area is 171 Å². The van der Waals surface area contributed by atoms with Gasteiger partial charge in [-0.2, -0.15) is 0 Å². The van der Waals surface area contributed by atoms with Crippen molar-refractivity contribution in [1.29, 1.82) is 0 Å². The molecule has 1 aliphatic rings. The van der Waals surface area contributed by atoms with Gasteiger partial charge in [-0.05, 0) is 64.2 Å². The highest BCUT2D eigenvalue weighted by molar-refractivity contribution is 7.99. The number of rotatable bonds is 6. The van der Waals surface area contributed by atoms with Crippen LogP contribution in [-0.4, -0.2) is 43.4 Å². The number of ether oxygens (including phenoxy) is 1. The Bertz CT molecular complexity index is 826. The second-order valence-electron chi connectivity index (χ2n) is 7.66. The number of aromatic nitrogens is 3. The molecule has 7 heteroatoms. The summed E-state index contributed by atoms with van der Waals surface area (Å²) in [5, 5.41) is 9.23. The first-order valence-electron chi connectivity index (χ1n) is 9.89. The van der Waals surface area contributed by atoms with E-state index in [-0.39, 0.29) is 5.91 Å². The van der Waals surface area contributed by atoms with E-state index < -0.39 is 0 Å². The molecule has 6 nitrogen and oxygen atoms in total. The summed E-state index contributed by atoms with van der Waals surface area (Å²) in [6, 6.07) is 6.66. The van der Waals surface area contributed by atoms with Gasteiger partial charge in [-0.15, -0.1) is 10.2 Å². The van der Waals surface area contributed by atoms with Gasteiger partial charge in [-0.3, -0.25) is 4.79 Å². The van der Waals surface area contributed by atoms with Gasteiger partial charge in [0.2, 0.25) is 5.91 Å². The number of amides is 1. The van der Waals surface area contributed by atoms with Crippen molar-refractivity contribution in [3.63, 3.8) is 0 Å². The van der Waals surface area contributed by atoms with Crippen molar-refractivity contribution in [2.24, 2.45) is 7.05 Å². The largest absolute Gasteiger partial charge is 0.485 e. The topological polar surface area (TPSA) is 60.3 Å². The molecule has 1 amide bonds. The highest BCUT2D eigenvalue weighted by Crippen LogP contribution is 2.25. The van der Waals surface area contributed by atoms with Crippen LogP contribution in [-0.2, 0) is 18.4 Å². The molecule has 2 aromatic rings. The Morgan fingerprint density at radius 3 is 2.64 bits per heavy atom. The van der Waals surface area contributed by atoms with E-state index in [1.165, 1.54) is 23.7 Å². The quantitative estimate of drug-likeness (QED) is 0.686. The van der Waals surface area contributed by atoms with Crippen LogP contribution in [0.15, 0.2) is 23.4 Å². The van der Waals surface area contributed by atoms with Gasteiger partial charge in [-0.1, -0.05) is 23.9 Å².